The number of aromatic hydroxyl groups is 8. The van der Waals surface area contributed by atoms with Crippen LogP contribution in [-0.2, 0) is 0 Å². The van der Waals surface area contributed by atoms with E-state index in [-0.39, 0.29) is 32.7 Å². The lowest BCUT2D eigenvalue weighted by Gasteiger charge is -2.22. The van der Waals surface area contributed by atoms with E-state index in [4.69, 9.17) is 4.42 Å². The highest BCUT2D eigenvalue weighted by Gasteiger charge is 2.32. The fourth-order valence-electron chi connectivity index (χ4n) is 8.21. The maximum absolute atomic E-state index is 11.7. The van der Waals surface area contributed by atoms with E-state index >= 15 is 0 Å². The summed E-state index contributed by atoms with van der Waals surface area (Å²) in [6, 6.07) is 41.5. The number of phenolic OH excluding ortho intramolecular Hbond substituents is 8. The Balaban J connectivity index is 1.27. The zero-order chi connectivity index (χ0) is 39.3. The van der Waals surface area contributed by atoms with Crippen LogP contribution in [0.15, 0.2) is 138 Å². The van der Waals surface area contributed by atoms with Gasteiger partial charge >= 0.3 is 0 Å². The van der Waals surface area contributed by atoms with E-state index in [0.29, 0.717) is 27.7 Å². The molecule has 276 valence electrons. The normalized spacial score (nSPS) is 11.7. The molecule has 9 aromatic carbocycles. The Morgan fingerprint density at radius 3 is 1.21 bits per heavy atom. The zero-order valence-corrected chi connectivity index (χ0v) is 29.7. The molecule has 9 heteroatoms. The first-order valence-corrected chi connectivity index (χ1v) is 18.0. The van der Waals surface area contributed by atoms with Gasteiger partial charge < -0.3 is 45.3 Å². The van der Waals surface area contributed by atoms with Crippen LogP contribution in [0.3, 0.4) is 0 Å². The second kappa shape index (κ2) is 12.2. The van der Waals surface area contributed by atoms with Gasteiger partial charge in [0.2, 0.25) is 23.0 Å². The Morgan fingerprint density at radius 1 is 0.281 bits per heavy atom. The van der Waals surface area contributed by atoms with Crippen molar-refractivity contribution in [1.82, 2.24) is 0 Å². The molecule has 0 aliphatic carbocycles. The van der Waals surface area contributed by atoms with Gasteiger partial charge in [0.15, 0.2) is 23.0 Å². The van der Waals surface area contributed by atoms with Crippen molar-refractivity contribution in [1.29, 1.82) is 0 Å². The molecule has 57 heavy (non-hydrogen) atoms. The summed E-state index contributed by atoms with van der Waals surface area (Å²) in [6.45, 7) is 0. The van der Waals surface area contributed by atoms with Crippen LogP contribution in [0.5, 0.6) is 46.0 Å². The fourth-order valence-corrected chi connectivity index (χ4v) is 8.21. The molecule has 0 aliphatic heterocycles. The van der Waals surface area contributed by atoms with Gasteiger partial charge in [0.05, 0.1) is 0 Å². The van der Waals surface area contributed by atoms with Crippen LogP contribution >= 0.6 is 0 Å². The van der Waals surface area contributed by atoms with Crippen molar-refractivity contribution >= 4 is 54.3 Å². The fraction of sp³-hybridized carbons (Fsp3) is 0. The summed E-state index contributed by atoms with van der Waals surface area (Å²) >= 11 is 0. The molecule has 10 aromatic rings. The maximum atomic E-state index is 11.7. The van der Waals surface area contributed by atoms with Gasteiger partial charge in [0.25, 0.3) is 0 Å². The predicted octanol–water partition coefficient (Wildman–Crippen LogP) is 11.4. The molecule has 0 fully saturated rings. The van der Waals surface area contributed by atoms with Crippen molar-refractivity contribution in [2.45, 2.75) is 0 Å². The average Bonchev–Trinajstić information content (AvgIpc) is 3.64. The van der Waals surface area contributed by atoms with Crippen molar-refractivity contribution in [2.75, 3.05) is 0 Å². The van der Waals surface area contributed by atoms with Gasteiger partial charge in [-0.1, -0.05) is 115 Å². The molecule has 0 saturated carbocycles. The molecule has 0 saturated heterocycles. The standard InChI is InChI=1S/C48H30O9/c49-41-37-34(28-16-14-26(15-17-28)25-12-10-24(11-13-25)23-6-2-1-3-7-23)38-40(44(52)48(56)46(54)42(38)50)35(39(37)43(51)47(55)45(41)53)29-19-20-32-31(22-29)36-30-9-5-4-8-27(30)18-21-33(36)57-32/h1-22,49-56H. The van der Waals surface area contributed by atoms with E-state index in [1.165, 1.54) is 0 Å². The molecule has 1 aromatic heterocycles. The molecule has 0 aliphatic rings. The lowest BCUT2D eigenvalue weighted by molar-refractivity contribution is 0.350. The largest absolute Gasteiger partial charge is 0.504 e. The summed E-state index contributed by atoms with van der Waals surface area (Å²) in [6.07, 6.45) is 0. The molecule has 0 radical (unpaired) electrons. The molecule has 1 heterocycles. The molecule has 0 unspecified atom stereocenters. The lowest BCUT2D eigenvalue weighted by Crippen LogP contribution is -1.94. The third-order valence-corrected chi connectivity index (χ3v) is 10.9. The highest BCUT2D eigenvalue weighted by atomic mass is 16.4. The Kier molecular flexibility index (Phi) is 7.20. The highest BCUT2D eigenvalue weighted by molar-refractivity contribution is 6.29. The van der Waals surface area contributed by atoms with Crippen LogP contribution in [0, 0.1) is 0 Å². The first kappa shape index (κ1) is 33.5. The predicted molar refractivity (Wildman–Crippen MR) is 221 cm³/mol. The van der Waals surface area contributed by atoms with Crippen LogP contribution in [0.25, 0.3) is 98.8 Å². The molecule has 10 rings (SSSR count). The van der Waals surface area contributed by atoms with Crippen molar-refractivity contribution in [2.24, 2.45) is 0 Å². The van der Waals surface area contributed by atoms with Crippen LogP contribution < -0.4 is 0 Å². The van der Waals surface area contributed by atoms with E-state index in [1.807, 2.05) is 91.0 Å². The van der Waals surface area contributed by atoms with Crippen molar-refractivity contribution in [3.8, 4) is 90.5 Å². The van der Waals surface area contributed by atoms with Gasteiger partial charge in [0, 0.05) is 43.4 Å². The molecule has 0 spiro atoms. The second-order valence-electron chi connectivity index (χ2n) is 14.0. The van der Waals surface area contributed by atoms with E-state index in [1.54, 1.807) is 42.5 Å². The Hall–Kier alpha value is -8.04. The van der Waals surface area contributed by atoms with Gasteiger partial charge in [-0.05, 0) is 62.4 Å². The summed E-state index contributed by atoms with van der Waals surface area (Å²) in [5.41, 5.74) is 5.50. The van der Waals surface area contributed by atoms with E-state index in [9.17, 15) is 40.9 Å². The summed E-state index contributed by atoms with van der Waals surface area (Å²) in [5, 5.41) is 93.1. The Labute approximate surface area is 322 Å². The van der Waals surface area contributed by atoms with Crippen LogP contribution in [0.2, 0.25) is 0 Å². The lowest BCUT2D eigenvalue weighted by atomic mass is 9.83. The number of fused-ring (bicyclic) bond motifs is 7. The average molecular weight is 751 g/mol. The SMILES string of the molecule is Oc1c(O)c(O)c2c(-c3ccc4oc5ccc6ccccc6c5c4c3)c3c(O)c(O)c(O)c(O)c3c(-c3ccc(-c4ccc(-c5ccccc5)cc4)cc3)c2c1O. The Morgan fingerprint density at radius 2 is 0.684 bits per heavy atom. The highest BCUT2D eigenvalue weighted by Crippen LogP contribution is 2.62. The third kappa shape index (κ3) is 4.82. The zero-order valence-electron chi connectivity index (χ0n) is 29.7. The molecule has 0 atom stereocenters. The minimum Gasteiger partial charge on any atom is -0.504 e. The van der Waals surface area contributed by atoms with Crippen LogP contribution in [0.4, 0.5) is 0 Å². The topological polar surface area (TPSA) is 175 Å². The molecular weight excluding hydrogens is 721 g/mol. The van der Waals surface area contributed by atoms with Gasteiger partial charge in [-0.15, -0.1) is 0 Å². The molecular formula is C48H30O9. The summed E-state index contributed by atoms with van der Waals surface area (Å²) in [4.78, 5) is 0. The van der Waals surface area contributed by atoms with Crippen molar-refractivity contribution in [3.63, 3.8) is 0 Å². The number of furan rings is 1. The Bertz CT molecular complexity index is 3210. The number of rotatable bonds is 4. The monoisotopic (exact) mass is 750 g/mol. The number of hydrogen-bond donors (Lipinski definition) is 8. The van der Waals surface area contributed by atoms with Gasteiger partial charge in [0.1, 0.15) is 11.2 Å². The smallest absolute Gasteiger partial charge is 0.204 e. The number of phenols is 8. The van der Waals surface area contributed by atoms with Crippen LogP contribution in [0.1, 0.15) is 0 Å². The quantitative estimate of drug-likeness (QED) is 0.0494. The van der Waals surface area contributed by atoms with Gasteiger partial charge in [-0.2, -0.15) is 0 Å². The number of hydrogen-bond acceptors (Lipinski definition) is 9. The van der Waals surface area contributed by atoms with Gasteiger partial charge in [-0.3, -0.25) is 0 Å². The van der Waals surface area contributed by atoms with Crippen LogP contribution in [-0.4, -0.2) is 40.9 Å². The van der Waals surface area contributed by atoms with Crippen molar-refractivity contribution < 1.29 is 45.3 Å². The number of benzene rings is 9. The molecule has 0 amide bonds. The van der Waals surface area contributed by atoms with E-state index in [0.717, 1.165) is 38.4 Å². The van der Waals surface area contributed by atoms with E-state index in [2.05, 4.69) is 0 Å². The molecule has 9 nitrogen and oxygen atoms in total. The summed E-state index contributed by atoms with van der Waals surface area (Å²) in [5.74, 6) is -7.50. The summed E-state index contributed by atoms with van der Waals surface area (Å²) < 4.78 is 6.20. The summed E-state index contributed by atoms with van der Waals surface area (Å²) in [7, 11) is 0. The third-order valence-electron chi connectivity index (χ3n) is 10.9. The van der Waals surface area contributed by atoms with E-state index < -0.39 is 46.0 Å². The van der Waals surface area contributed by atoms with Gasteiger partial charge in [-0.25, -0.2) is 0 Å². The molecule has 8 N–H and O–H groups in total. The minimum absolute atomic E-state index is 0.0261. The first-order valence-electron chi connectivity index (χ1n) is 18.0. The second-order valence-corrected chi connectivity index (χ2v) is 14.0. The maximum Gasteiger partial charge on any atom is 0.204 e. The molecule has 0 bridgehead atoms. The minimum atomic E-state index is -1.03. The first-order chi connectivity index (χ1) is 27.6. The van der Waals surface area contributed by atoms with Crippen molar-refractivity contribution in [3.05, 3.63) is 133 Å².